The molecule has 11 rings (SSSR count). The van der Waals surface area contributed by atoms with Gasteiger partial charge in [-0.1, -0.05) is 24.3 Å². The van der Waals surface area contributed by atoms with Gasteiger partial charge in [0.15, 0.2) is 0 Å². The number of rotatable bonds is 12. The zero-order chi connectivity index (χ0) is 54.9. The standard InChI is InChI=1S/C23H24N2O4.C23H20N2O4.C15H16N2O3/c2*1-3-29-23(27)16-8-11-20-19(13-16)21-18(5-4-12-24-21)22(26)25(20)14-15-6-9-17(28-2)10-7-15;1-2-20-15(19)9-5-6-12-11(8-9)13-10(14(18)17-12)4-3-7-16-13/h6-11,13,24H,3-5,12,14H2,1-2H3;4-13H,3,14H2,1-2H3;5-6,8,16H,2-4,7H2,1H3,(H,17,18). The van der Waals surface area contributed by atoms with Gasteiger partial charge in [-0.25, -0.2) is 14.4 Å². The first kappa shape index (κ1) is 53.6. The number of aromatic nitrogens is 4. The highest BCUT2D eigenvalue weighted by Crippen LogP contribution is 2.32. The van der Waals surface area contributed by atoms with Gasteiger partial charge in [-0.05, 0) is 149 Å². The number of aromatic amines is 1. The average molecular weight is 1050 g/mol. The summed E-state index contributed by atoms with van der Waals surface area (Å²) >= 11 is 0. The lowest BCUT2D eigenvalue weighted by atomic mass is 9.99. The summed E-state index contributed by atoms with van der Waals surface area (Å²) in [5.74, 6) is 0.441. The van der Waals surface area contributed by atoms with Gasteiger partial charge in [0.25, 0.3) is 16.7 Å². The molecular weight excluding hydrogens is 993 g/mol. The first-order valence-corrected chi connectivity index (χ1v) is 26.0. The maximum atomic E-state index is 13.3. The molecule has 0 fully saturated rings. The van der Waals surface area contributed by atoms with Crippen molar-refractivity contribution in [2.75, 3.05) is 57.8 Å². The fourth-order valence-electron chi connectivity index (χ4n) is 9.85. The SMILES string of the molecule is CCOC(=O)c1ccc2[nH]c(=O)c3c(c2c1)NCCC3.CCOC(=O)c1ccc2c(c1)c1c(c(=O)n2Cc2ccc(OC)cc2)CCCN1.CCOC(=O)c1ccc2c(c1)c1ncccc1c(=O)n2Cc1ccc(OC)cc1. The molecule has 2 aliphatic heterocycles. The zero-order valence-electron chi connectivity index (χ0n) is 44.2. The Balaban J connectivity index is 0.000000145. The molecule has 0 radical (unpaired) electrons. The number of hydrogen-bond acceptors (Lipinski definition) is 14. The number of pyridine rings is 4. The number of nitrogens with one attached hydrogen (secondary N) is 3. The van der Waals surface area contributed by atoms with E-state index in [9.17, 15) is 28.8 Å². The number of H-pyrrole nitrogens is 1. The van der Waals surface area contributed by atoms with Crippen molar-refractivity contribution in [2.45, 2.75) is 59.5 Å². The van der Waals surface area contributed by atoms with E-state index in [-0.39, 0.29) is 28.6 Å². The second-order valence-electron chi connectivity index (χ2n) is 18.5. The fraction of sp³-hybridized carbons (Fsp3) is 0.262. The van der Waals surface area contributed by atoms with Crippen molar-refractivity contribution in [2.24, 2.45) is 0 Å². The van der Waals surface area contributed by atoms with Crippen LogP contribution in [0.1, 0.15) is 86.9 Å². The molecule has 0 aliphatic carbocycles. The molecule has 6 heterocycles. The number of methoxy groups -OCH3 is 2. The van der Waals surface area contributed by atoms with Crippen molar-refractivity contribution in [3.8, 4) is 11.5 Å². The zero-order valence-corrected chi connectivity index (χ0v) is 44.2. The molecule has 9 aromatic rings. The van der Waals surface area contributed by atoms with Crippen LogP contribution < -0.4 is 36.8 Å². The van der Waals surface area contributed by atoms with Gasteiger partial charge < -0.3 is 48.4 Å². The predicted molar refractivity (Wildman–Crippen MR) is 302 cm³/mol. The van der Waals surface area contributed by atoms with Gasteiger partial charge in [-0.3, -0.25) is 19.4 Å². The number of ether oxygens (including phenoxy) is 5. The van der Waals surface area contributed by atoms with Crippen molar-refractivity contribution >= 4 is 72.9 Å². The molecule has 0 saturated carbocycles. The van der Waals surface area contributed by atoms with Crippen molar-refractivity contribution in [3.63, 3.8) is 0 Å². The van der Waals surface area contributed by atoms with Crippen molar-refractivity contribution < 1.29 is 38.1 Å². The molecule has 78 heavy (non-hydrogen) atoms. The van der Waals surface area contributed by atoms with E-state index in [1.165, 1.54) is 0 Å². The number of carbonyl (C=O) groups excluding carboxylic acids is 3. The monoisotopic (exact) mass is 1050 g/mol. The second kappa shape index (κ2) is 24.2. The smallest absolute Gasteiger partial charge is 0.338 e. The summed E-state index contributed by atoms with van der Waals surface area (Å²) in [5.41, 5.74) is 9.28. The fourth-order valence-corrected chi connectivity index (χ4v) is 9.85. The van der Waals surface area contributed by atoms with Crippen molar-refractivity contribution in [3.05, 3.63) is 191 Å². The highest BCUT2D eigenvalue weighted by atomic mass is 16.5. The molecule has 2 aliphatic rings. The molecule has 5 aromatic carbocycles. The van der Waals surface area contributed by atoms with Gasteiger partial charge in [0.05, 0.1) is 103 Å². The summed E-state index contributed by atoms with van der Waals surface area (Å²) in [6.07, 6.45) is 4.99. The molecular formula is C61H60N6O11. The summed E-state index contributed by atoms with van der Waals surface area (Å²) in [4.78, 5) is 82.0. The lowest BCUT2D eigenvalue weighted by Gasteiger charge is -2.23. The van der Waals surface area contributed by atoms with Gasteiger partial charge in [0, 0.05) is 46.6 Å². The molecule has 17 heteroatoms. The summed E-state index contributed by atoms with van der Waals surface area (Å²) in [6, 6.07) is 34.6. The molecule has 0 spiro atoms. The Kier molecular flexibility index (Phi) is 16.6. The highest BCUT2D eigenvalue weighted by molar-refractivity contribution is 6.06. The van der Waals surface area contributed by atoms with Gasteiger partial charge in [0.2, 0.25) is 0 Å². The summed E-state index contributed by atoms with van der Waals surface area (Å²) in [5, 5.41) is 9.62. The molecule has 0 saturated heterocycles. The lowest BCUT2D eigenvalue weighted by molar-refractivity contribution is 0.0517. The second-order valence-corrected chi connectivity index (χ2v) is 18.5. The lowest BCUT2D eigenvalue weighted by Crippen LogP contribution is -2.29. The Morgan fingerprint density at radius 1 is 0.538 bits per heavy atom. The summed E-state index contributed by atoms with van der Waals surface area (Å²) in [7, 11) is 3.25. The van der Waals surface area contributed by atoms with E-state index in [4.69, 9.17) is 23.7 Å². The van der Waals surface area contributed by atoms with E-state index in [2.05, 4.69) is 20.6 Å². The van der Waals surface area contributed by atoms with Crippen LogP contribution in [0.2, 0.25) is 0 Å². The number of benzene rings is 5. The number of hydrogen-bond donors (Lipinski definition) is 3. The van der Waals surface area contributed by atoms with E-state index < -0.39 is 5.97 Å². The minimum Gasteiger partial charge on any atom is -0.497 e. The predicted octanol–water partition coefficient (Wildman–Crippen LogP) is 9.44. The third-order valence-corrected chi connectivity index (χ3v) is 13.6. The maximum absolute atomic E-state index is 13.3. The third kappa shape index (κ3) is 11.3. The molecule has 0 bridgehead atoms. The first-order chi connectivity index (χ1) is 37.9. The van der Waals surface area contributed by atoms with Crippen LogP contribution in [-0.2, 0) is 40.1 Å². The van der Waals surface area contributed by atoms with Crippen LogP contribution in [0.15, 0.2) is 136 Å². The number of anilines is 2. The minimum absolute atomic E-state index is 0.0133. The van der Waals surface area contributed by atoms with Crippen LogP contribution in [-0.4, -0.2) is 84.1 Å². The van der Waals surface area contributed by atoms with Gasteiger partial charge in [-0.2, -0.15) is 0 Å². The Bertz CT molecular complexity index is 3900. The Labute approximate surface area is 448 Å². The van der Waals surface area contributed by atoms with E-state index >= 15 is 0 Å². The largest absolute Gasteiger partial charge is 0.497 e. The molecule has 4 aromatic heterocycles. The molecule has 0 amide bonds. The Morgan fingerprint density at radius 2 is 1.01 bits per heavy atom. The molecule has 400 valence electrons. The van der Waals surface area contributed by atoms with E-state index in [0.717, 1.165) is 111 Å². The topological polar surface area (TPSA) is 211 Å². The van der Waals surface area contributed by atoms with Crippen LogP contribution in [0.3, 0.4) is 0 Å². The summed E-state index contributed by atoms with van der Waals surface area (Å²) in [6.45, 7) is 8.80. The number of esters is 3. The van der Waals surface area contributed by atoms with E-state index in [1.807, 2.05) is 60.7 Å². The maximum Gasteiger partial charge on any atom is 0.338 e. The van der Waals surface area contributed by atoms with Gasteiger partial charge >= 0.3 is 17.9 Å². The van der Waals surface area contributed by atoms with E-state index in [0.29, 0.717) is 66.0 Å². The van der Waals surface area contributed by atoms with E-state index in [1.54, 1.807) is 105 Å². The van der Waals surface area contributed by atoms with Crippen molar-refractivity contribution in [1.29, 1.82) is 0 Å². The van der Waals surface area contributed by atoms with Gasteiger partial charge in [-0.15, -0.1) is 0 Å². The third-order valence-electron chi connectivity index (χ3n) is 13.6. The Hall–Kier alpha value is -9.25. The highest BCUT2D eigenvalue weighted by Gasteiger charge is 2.22. The normalized spacial score (nSPS) is 12.4. The number of fused-ring (bicyclic) bond motifs is 9. The molecule has 3 N–H and O–H groups in total. The number of nitrogens with zero attached hydrogens (tertiary/aromatic N) is 3. The Morgan fingerprint density at radius 3 is 1.55 bits per heavy atom. The summed E-state index contributed by atoms with van der Waals surface area (Å²) < 4.78 is 29.2. The van der Waals surface area contributed by atoms with Crippen LogP contribution >= 0.6 is 0 Å². The molecule has 17 nitrogen and oxygen atoms in total. The van der Waals surface area contributed by atoms with Crippen LogP contribution in [0.25, 0.3) is 43.6 Å². The molecule has 0 unspecified atom stereocenters. The van der Waals surface area contributed by atoms with Crippen LogP contribution in [0.5, 0.6) is 11.5 Å². The minimum atomic E-state index is -0.397. The quantitative estimate of drug-likeness (QED) is 0.0591. The van der Waals surface area contributed by atoms with Crippen LogP contribution in [0, 0.1) is 0 Å². The van der Waals surface area contributed by atoms with Gasteiger partial charge in [0.1, 0.15) is 11.5 Å². The molecule has 0 atom stereocenters. The van der Waals surface area contributed by atoms with Crippen molar-refractivity contribution in [1.82, 2.24) is 19.1 Å². The first-order valence-electron chi connectivity index (χ1n) is 26.0. The number of carbonyl (C=O) groups is 3. The van der Waals surface area contributed by atoms with Crippen LogP contribution in [0.4, 0.5) is 11.4 Å². The average Bonchev–Trinajstić information content (AvgIpc) is 3.56.